The minimum absolute atomic E-state index is 0.308. The Morgan fingerprint density at radius 1 is 1.00 bits per heavy atom. The lowest BCUT2D eigenvalue weighted by atomic mass is 10.2. The number of methoxy groups -OCH3 is 1. The third-order valence-electron chi connectivity index (χ3n) is 4.65. The van der Waals surface area contributed by atoms with E-state index in [1.54, 1.807) is 14.2 Å². The standard InChI is InChI=1S/C22H23N3O4/c1-23(15-18-10-6-7-11-19(18)29-2)21(27)16-25-20(26)12-13-24(22(25)28)14-17-8-4-3-5-9-17/h3-13H,14-16H2,1-2H3. The molecular formula is C22H23N3O4. The maximum absolute atomic E-state index is 12.7. The van der Waals surface area contributed by atoms with Crippen molar-refractivity contribution in [3.05, 3.63) is 98.8 Å². The Morgan fingerprint density at radius 2 is 1.69 bits per heavy atom. The highest BCUT2D eigenvalue weighted by atomic mass is 16.5. The largest absolute Gasteiger partial charge is 0.496 e. The van der Waals surface area contributed by atoms with Gasteiger partial charge in [-0.3, -0.25) is 18.7 Å². The summed E-state index contributed by atoms with van der Waals surface area (Å²) in [5.74, 6) is 0.335. The summed E-state index contributed by atoms with van der Waals surface area (Å²) in [6.07, 6.45) is 1.46. The van der Waals surface area contributed by atoms with Gasteiger partial charge in [-0.15, -0.1) is 0 Å². The molecule has 0 aliphatic carbocycles. The average molecular weight is 393 g/mol. The van der Waals surface area contributed by atoms with E-state index >= 15 is 0 Å². The molecule has 3 rings (SSSR count). The van der Waals surface area contributed by atoms with Gasteiger partial charge in [0.25, 0.3) is 5.56 Å². The van der Waals surface area contributed by atoms with Gasteiger partial charge >= 0.3 is 5.69 Å². The summed E-state index contributed by atoms with van der Waals surface area (Å²) in [4.78, 5) is 39.1. The SMILES string of the molecule is COc1ccccc1CN(C)C(=O)Cn1c(=O)ccn(Cc2ccccc2)c1=O. The van der Waals surface area contributed by atoms with E-state index in [4.69, 9.17) is 4.74 Å². The van der Waals surface area contributed by atoms with Gasteiger partial charge in [-0.1, -0.05) is 48.5 Å². The number of amides is 1. The first-order valence-electron chi connectivity index (χ1n) is 9.19. The summed E-state index contributed by atoms with van der Waals surface area (Å²) in [5, 5.41) is 0. The van der Waals surface area contributed by atoms with Crippen LogP contribution in [0.15, 0.2) is 76.4 Å². The first-order chi connectivity index (χ1) is 14.0. The molecule has 1 heterocycles. The molecule has 150 valence electrons. The molecule has 0 bridgehead atoms. The Balaban J connectivity index is 1.78. The van der Waals surface area contributed by atoms with Crippen molar-refractivity contribution < 1.29 is 9.53 Å². The van der Waals surface area contributed by atoms with Crippen LogP contribution in [0.25, 0.3) is 0 Å². The van der Waals surface area contributed by atoms with Crippen LogP contribution >= 0.6 is 0 Å². The Morgan fingerprint density at radius 3 is 2.41 bits per heavy atom. The van der Waals surface area contributed by atoms with Gasteiger partial charge in [0.15, 0.2) is 0 Å². The fourth-order valence-corrected chi connectivity index (χ4v) is 3.04. The average Bonchev–Trinajstić information content (AvgIpc) is 2.74. The molecule has 1 aromatic heterocycles. The Labute approximate surface area is 168 Å². The molecule has 7 heteroatoms. The number of benzene rings is 2. The monoisotopic (exact) mass is 393 g/mol. The molecule has 1 amide bonds. The van der Waals surface area contributed by atoms with Crippen LogP contribution in [-0.2, 0) is 24.4 Å². The van der Waals surface area contributed by atoms with Gasteiger partial charge < -0.3 is 9.64 Å². The minimum Gasteiger partial charge on any atom is -0.496 e. The molecule has 0 saturated heterocycles. The van der Waals surface area contributed by atoms with E-state index < -0.39 is 11.2 Å². The number of hydrogen-bond donors (Lipinski definition) is 0. The molecule has 0 aliphatic heterocycles. The number of rotatable bonds is 7. The second-order valence-electron chi connectivity index (χ2n) is 6.70. The summed E-state index contributed by atoms with van der Waals surface area (Å²) in [7, 11) is 3.20. The van der Waals surface area contributed by atoms with Crippen LogP contribution in [0.5, 0.6) is 5.75 Å². The van der Waals surface area contributed by atoms with Gasteiger partial charge in [0, 0.05) is 31.4 Å². The maximum atomic E-state index is 12.7. The molecule has 0 spiro atoms. The zero-order valence-electron chi connectivity index (χ0n) is 16.4. The highest BCUT2D eigenvalue weighted by molar-refractivity contribution is 5.75. The van der Waals surface area contributed by atoms with Gasteiger partial charge in [-0.25, -0.2) is 4.79 Å². The molecule has 29 heavy (non-hydrogen) atoms. The summed E-state index contributed by atoms with van der Waals surface area (Å²) in [5.41, 5.74) is 0.755. The first kappa shape index (κ1) is 20.1. The van der Waals surface area contributed by atoms with E-state index in [0.29, 0.717) is 18.8 Å². The normalized spacial score (nSPS) is 10.6. The molecule has 0 aliphatic rings. The van der Waals surface area contributed by atoms with Gasteiger partial charge in [-0.2, -0.15) is 0 Å². The first-order valence-corrected chi connectivity index (χ1v) is 9.19. The number of nitrogens with zero attached hydrogens (tertiary/aromatic N) is 3. The number of hydrogen-bond acceptors (Lipinski definition) is 4. The number of para-hydroxylation sites is 1. The van der Waals surface area contributed by atoms with Crippen LogP contribution in [-0.4, -0.2) is 34.1 Å². The smallest absolute Gasteiger partial charge is 0.331 e. The van der Waals surface area contributed by atoms with Crippen LogP contribution < -0.4 is 16.0 Å². The maximum Gasteiger partial charge on any atom is 0.331 e. The molecule has 0 unspecified atom stereocenters. The molecule has 0 saturated carbocycles. The molecule has 3 aromatic rings. The zero-order valence-corrected chi connectivity index (χ0v) is 16.4. The Bertz CT molecular complexity index is 1100. The van der Waals surface area contributed by atoms with E-state index in [1.165, 1.54) is 21.7 Å². The van der Waals surface area contributed by atoms with Gasteiger partial charge in [0.05, 0.1) is 13.7 Å². The molecule has 0 N–H and O–H groups in total. The molecule has 0 radical (unpaired) electrons. The quantitative estimate of drug-likeness (QED) is 0.613. The summed E-state index contributed by atoms with van der Waals surface area (Å²) in [6.45, 7) is 0.312. The summed E-state index contributed by atoms with van der Waals surface area (Å²) < 4.78 is 7.69. The predicted octanol–water partition coefficient (Wildman–Crippen LogP) is 1.73. The predicted molar refractivity (Wildman–Crippen MR) is 110 cm³/mol. The van der Waals surface area contributed by atoms with Crippen molar-refractivity contribution in [2.75, 3.05) is 14.2 Å². The molecule has 7 nitrogen and oxygen atoms in total. The van der Waals surface area contributed by atoms with Crippen molar-refractivity contribution in [3.63, 3.8) is 0 Å². The van der Waals surface area contributed by atoms with Crippen LogP contribution in [0.4, 0.5) is 0 Å². The van der Waals surface area contributed by atoms with Crippen LogP contribution in [0.2, 0.25) is 0 Å². The second-order valence-corrected chi connectivity index (χ2v) is 6.70. The number of likely N-dealkylation sites (N-methyl/N-ethyl adjacent to an activating group) is 1. The van der Waals surface area contributed by atoms with E-state index in [2.05, 4.69) is 0 Å². The third kappa shape index (κ3) is 4.82. The highest BCUT2D eigenvalue weighted by Crippen LogP contribution is 2.18. The number of aromatic nitrogens is 2. The summed E-state index contributed by atoms with van der Waals surface area (Å²) >= 11 is 0. The fraction of sp³-hybridized carbons (Fsp3) is 0.227. The summed E-state index contributed by atoms with van der Waals surface area (Å²) in [6, 6.07) is 18.1. The topological polar surface area (TPSA) is 73.5 Å². The Hall–Kier alpha value is -3.61. The number of carbonyl (C=O) groups is 1. The Kier molecular flexibility index (Phi) is 6.29. The molecular weight excluding hydrogens is 370 g/mol. The van der Waals surface area contributed by atoms with Gasteiger partial charge in [-0.05, 0) is 11.6 Å². The van der Waals surface area contributed by atoms with Crippen LogP contribution in [0.1, 0.15) is 11.1 Å². The van der Waals surface area contributed by atoms with E-state index in [9.17, 15) is 14.4 Å². The van der Waals surface area contributed by atoms with Gasteiger partial charge in [0.2, 0.25) is 5.91 Å². The zero-order chi connectivity index (χ0) is 20.8. The minimum atomic E-state index is -0.514. The fourth-order valence-electron chi connectivity index (χ4n) is 3.04. The lowest BCUT2D eigenvalue weighted by molar-refractivity contribution is -0.131. The van der Waals surface area contributed by atoms with Crippen molar-refractivity contribution >= 4 is 5.91 Å². The molecule has 2 aromatic carbocycles. The van der Waals surface area contributed by atoms with Gasteiger partial charge in [0.1, 0.15) is 12.3 Å². The van der Waals surface area contributed by atoms with Crippen LogP contribution in [0, 0.1) is 0 Å². The second kappa shape index (κ2) is 9.05. The van der Waals surface area contributed by atoms with Crippen molar-refractivity contribution in [3.8, 4) is 5.75 Å². The van der Waals surface area contributed by atoms with E-state index in [0.717, 1.165) is 15.7 Å². The lowest BCUT2D eigenvalue weighted by Gasteiger charge is -2.19. The third-order valence-corrected chi connectivity index (χ3v) is 4.65. The highest BCUT2D eigenvalue weighted by Gasteiger charge is 2.15. The van der Waals surface area contributed by atoms with Crippen molar-refractivity contribution in [1.82, 2.24) is 14.0 Å². The number of carbonyl (C=O) groups excluding carboxylic acids is 1. The lowest BCUT2D eigenvalue weighted by Crippen LogP contribution is -2.43. The van der Waals surface area contributed by atoms with Crippen LogP contribution in [0.3, 0.4) is 0 Å². The molecule has 0 atom stereocenters. The van der Waals surface area contributed by atoms with E-state index in [1.807, 2.05) is 54.6 Å². The van der Waals surface area contributed by atoms with Crippen molar-refractivity contribution in [1.29, 1.82) is 0 Å². The molecule has 0 fully saturated rings. The number of ether oxygens (including phenoxy) is 1. The van der Waals surface area contributed by atoms with E-state index in [-0.39, 0.29) is 12.5 Å². The van der Waals surface area contributed by atoms with Crippen molar-refractivity contribution in [2.24, 2.45) is 0 Å². The van der Waals surface area contributed by atoms with Crippen molar-refractivity contribution in [2.45, 2.75) is 19.6 Å².